The van der Waals surface area contributed by atoms with Gasteiger partial charge >= 0.3 is 5.97 Å². The Labute approximate surface area is 114 Å². The second-order valence-electron chi connectivity index (χ2n) is 4.61. The third-order valence-electron chi connectivity index (χ3n) is 3.40. The van der Waals surface area contributed by atoms with Crippen LogP contribution in [-0.2, 0) is 14.1 Å². The van der Waals surface area contributed by atoms with Crippen LogP contribution in [0.3, 0.4) is 0 Å². The minimum Gasteiger partial charge on any atom is -0.476 e. The number of carboxylic acids is 1. The number of hydrogen-bond acceptors (Lipinski definition) is 4. The van der Waals surface area contributed by atoms with Gasteiger partial charge in [0.1, 0.15) is 0 Å². The minimum absolute atomic E-state index is 0.0180. The summed E-state index contributed by atoms with van der Waals surface area (Å²) in [6.07, 6.45) is 1.75. The molecule has 0 saturated heterocycles. The topological polar surface area (TPSA) is 85.8 Å². The average Bonchev–Trinajstić information content (AvgIpc) is 2.92. The van der Waals surface area contributed by atoms with Crippen molar-refractivity contribution in [2.24, 2.45) is 14.1 Å². The number of aromatic nitrogens is 5. The summed E-state index contributed by atoms with van der Waals surface area (Å²) in [5.41, 5.74) is 3.24. The Morgan fingerprint density at radius 3 is 2.60 bits per heavy atom. The maximum absolute atomic E-state index is 11.1. The number of nitrogens with zero attached hydrogens (tertiary/aromatic N) is 5. The lowest BCUT2D eigenvalue weighted by Gasteiger charge is -2.01. The molecule has 0 bridgehead atoms. The fraction of sp³-hybridized carbons (Fsp3) is 0.231. The van der Waals surface area contributed by atoms with Crippen molar-refractivity contribution in [3.8, 4) is 11.3 Å². The van der Waals surface area contributed by atoms with Gasteiger partial charge in [-0.2, -0.15) is 10.2 Å². The molecule has 0 amide bonds. The number of aromatic carboxylic acids is 1. The lowest BCUT2D eigenvalue weighted by molar-refractivity contribution is 0.0691. The van der Waals surface area contributed by atoms with Crippen molar-refractivity contribution in [2.75, 3.05) is 0 Å². The highest BCUT2D eigenvalue weighted by molar-refractivity contribution is 6.00. The molecule has 0 aromatic carbocycles. The summed E-state index contributed by atoms with van der Waals surface area (Å²) in [5, 5.41) is 17.8. The number of pyridine rings is 1. The normalized spacial score (nSPS) is 11.2. The molecule has 20 heavy (non-hydrogen) atoms. The summed E-state index contributed by atoms with van der Waals surface area (Å²) in [6.45, 7) is 1.96. The highest BCUT2D eigenvalue weighted by atomic mass is 16.4. The molecule has 3 rings (SSSR count). The molecule has 0 radical (unpaired) electrons. The summed E-state index contributed by atoms with van der Waals surface area (Å²) in [4.78, 5) is 15.6. The van der Waals surface area contributed by atoms with Gasteiger partial charge in [-0.05, 0) is 19.1 Å². The molecule has 0 unspecified atom stereocenters. The van der Waals surface area contributed by atoms with Crippen LogP contribution in [0.15, 0.2) is 18.3 Å². The highest BCUT2D eigenvalue weighted by Crippen LogP contribution is 2.24. The molecule has 0 atom stereocenters. The van der Waals surface area contributed by atoms with Crippen molar-refractivity contribution in [1.29, 1.82) is 0 Å². The third kappa shape index (κ3) is 1.67. The molecule has 3 heterocycles. The lowest BCUT2D eigenvalue weighted by atomic mass is 10.1. The Kier molecular flexibility index (Phi) is 2.56. The number of aryl methyl sites for hydroxylation is 2. The van der Waals surface area contributed by atoms with Crippen LogP contribution >= 0.6 is 0 Å². The Morgan fingerprint density at radius 1 is 1.25 bits per heavy atom. The molecule has 0 saturated carbocycles. The second-order valence-corrected chi connectivity index (χ2v) is 4.61. The van der Waals surface area contributed by atoms with Gasteiger partial charge in [0.2, 0.25) is 0 Å². The fourth-order valence-electron chi connectivity index (χ4n) is 2.19. The van der Waals surface area contributed by atoms with Gasteiger partial charge in [0.25, 0.3) is 0 Å². The van der Waals surface area contributed by atoms with Crippen molar-refractivity contribution >= 4 is 17.0 Å². The van der Waals surface area contributed by atoms with Crippen LogP contribution in [0.25, 0.3) is 22.3 Å². The zero-order chi connectivity index (χ0) is 14.4. The molecular weight excluding hydrogens is 258 g/mol. The number of fused-ring (bicyclic) bond motifs is 1. The summed E-state index contributed by atoms with van der Waals surface area (Å²) in [6, 6.07) is 3.53. The maximum atomic E-state index is 11.1. The van der Waals surface area contributed by atoms with Crippen molar-refractivity contribution < 1.29 is 9.90 Å². The first kappa shape index (κ1) is 12.3. The summed E-state index contributed by atoms with van der Waals surface area (Å²) in [5.74, 6) is -1.05. The number of carbonyl (C=O) groups is 1. The van der Waals surface area contributed by atoms with Crippen LogP contribution in [-0.4, -0.2) is 35.6 Å². The second kappa shape index (κ2) is 4.16. The zero-order valence-electron chi connectivity index (χ0n) is 11.3. The number of carboxylic acid groups (broad SMARTS) is 1. The van der Waals surface area contributed by atoms with E-state index in [0.717, 1.165) is 17.0 Å². The van der Waals surface area contributed by atoms with Gasteiger partial charge in [0.15, 0.2) is 11.3 Å². The molecule has 0 aliphatic carbocycles. The van der Waals surface area contributed by atoms with E-state index in [4.69, 9.17) is 5.11 Å². The molecule has 0 fully saturated rings. The molecule has 3 aromatic heterocycles. The number of rotatable bonds is 2. The summed E-state index contributed by atoms with van der Waals surface area (Å²) in [7, 11) is 3.55. The Balaban J connectivity index is 2.24. The van der Waals surface area contributed by atoms with E-state index >= 15 is 0 Å². The van der Waals surface area contributed by atoms with Crippen LogP contribution in [0.4, 0.5) is 0 Å². The Bertz CT molecular complexity index is 831. The van der Waals surface area contributed by atoms with E-state index < -0.39 is 5.97 Å². The predicted octanol–water partition coefficient (Wildman–Crippen LogP) is 1.38. The van der Waals surface area contributed by atoms with E-state index in [0.29, 0.717) is 11.0 Å². The van der Waals surface area contributed by atoms with Gasteiger partial charge in [-0.3, -0.25) is 4.68 Å². The number of hydrogen-bond donors (Lipinski definition) is 1. The average molecular weight is 271 g/mol. The van der Waals surface area contributed by atoms with Crippen LogP contribution in [0.1, 0.15) is 16.2 Å². The lowest BCUT2D eigenvalue weighted by Crippen LogP contribution is -1.99. The molecule has 7 nitrogen and oxygen atoms in total. The van der Waals surface area contributed by atoms with E-state index in [1.165, 1.54) is 4.68 Å². The first-order valence-corrected chi connectivity index (χ1v) is 6.05. The molecule has 3 aromatic rings. The third-order valence-corrected chi connectivity index (χ3v) is 3.40. The zero-order valence-corrected chi connectivity index (χ0v) is 11.3. The van der Waals surface area contributed by atoms with E-state index in [1.54, 1.807) is 30.1 Å². The highest BCUT2D eigenvalue weighted by Gasteiger charge is 2.17. The van der Waals surface area contributed by atoms with Crippen LogP contribution in [0, 0.1) is 6.92 Å². The van der Waals surface area contributed by atoms with Crippen LogP contribution in [0.2, 0.25) is 0 Å². The molecule has 0 aliphatic rings. The fourth-order valence-corrected chi connectivity index (χ4v) is 2.19. The smallest absolute Gasteiger partial charge is 0.357 e. The maximum Gasteiger partial charge on any atom is 0.357 e. The Morgan fingerprint density at radius 2 is 2.00 bits per heavy atom. The monoisotopic (exact) mass is 271 g/mol. The predicted molar refractivity (Wildman–Crippen MR) is 72.4 cm³/mol. The van der Waals surface area contributed by atoms with Gasteiger partial charge in [0, 0.05) is 25.4 Å². The van der Waals surface area contributed by atoms with Crippen molar-refractivity contribution in [3.63, 3.8) is 0 Å². The molecule has 102 valence electrons. The van der Waals surface area contributed by atoms with Crippen molar-refractivity contribution in [1.82, 2.24) is 24.5 Å². The molecule has 7 heteroatoms. The summed E-state index contributed by atoms with van der Waals surface area (Å²) >= 11 is 0. The largest absolute Gasteiger partial charge is 0.476 e. The van der Waals surface area contributed by atoms with Crippen LogP contribution in [0.5, 0.6) is 0 Å². The van der Waals surface area contributed by atoms with E-state index in [2.05, 4.69) is 15.2 Å². The van der Waals surface area contributed by atoms with E-state index in [9.17, 15) is 4.79 Å². The molecule has 0 aliphatic heterocycles. The van der Waals surface area contributed by atoms with Gasteiger partial charge in [-0.1, -0.05) is 0 Å². The minimum atomic E-state index is -1.05. The van der Waals surface area contributed by atoms with Crippen molar-refractivity contribution in [2.45, 2.75) is 6.92 Å². The molecular formula is C13H13N5O2. The first-order valence-electron chi connectivity index (χ1n) is 6.05. The first-order chi connectivity index (χ1) is 9.49. The molecule has 1 N–H and O–H groups in total. The van der Waals surface area contributed by atoms with E-state index in [1.807, 2.05) is 14.0 Å². The van der Waals surface area contributed by atoms with Crippen LogP contribution < -0.4 is 0 Å². The van der Waals surface area contributed by atoms with Gasteiger partial charge in [-0.25, -0.2) is 14.5 Å². The van der Waals surface area contributed by atoms with E-state index in [-0.39, 0.29) is 5.69 Å². The summed E-state index contributed by atoms with van der Waals surface area (Å²) < 4.78 is 3.25. The van der Waals surface area contributed by atoms with Crippen molar-refractivity contribution in [3.05, 3.63) is 29.7 Å². The van der Waals surface area contributed by atoms with Gasteiger partial charge in [-0.15, -0.1) is 0 Å². The van der Waals surface area contributed by atoms with Gasteiger partial charge in [0.05, 0.1) is 17.3 Å². The standard InChI is InChI=1S/C13H13N5O2/c1-7-9(6-14-17(7)2)10-5-4-8-11(13(19)20)16-18(3)12(8)15-10/h4-6H,1-3H3,(H,19,20). The SMILES string of the molecule is Cc1c(-c2ccc3c(C(=O)O)nn(C)c3n2)cnn1C. The quantitative estimate of drug-likeness (QED) is 0.761. The van der Waals surface area contributed by atoms with Gasteiger partial charge < -0.3 is 5.11 Å². The Hall–Kier alpha value is -2.70. The molecule has 0 spiro atoms.